The van der Waals surface area contributed by atoms with E-state index >= 15 is 0 Å². The molecule has 0 radical (unpaired) electrons. The summed E-state index contributed by atoms with van der Waals surface area (Å²) in [6, 6.07) is 13.7. The predicted molar refractivity (Wildman–Crippen MR) is 107 cm³/mol. The molecule has 0 saturated heterocycles. The van der Waals surface area contributed by atoms with Gasteiger partial charge in [-0.05, 0) is 35.4 Å². The van der Waals surface area contributed by atoms with Gasteiger partial charge in [-0.1, -0.05) is 24.3 Å². The predicted octanol–water partition coefficient (Wildman–Crippen LogP) is 2.32. The van der Waals surface area contributed by atoms with Gasteiger partial charge < -0.3 is 10.1 Å². The molecule has 0 fully saturated rings. The zero-order valence-electron chi connectivity index (χ0n) is 15.1. The van der Waals surface area contributed by atoms with Gasteiger partial charge in [0.25, 0.3) is 5.91 Å². The van der Waals surface area contributed by atoms with Crippen molar-refractivity contribution < 1.29 is 17.9 Å². The summed E-state index contributed by atoms with van der Waals surface area (Å²) in [5.41, 5.74) is 2.20. The lowest BCUT2D eigenvalue weighted by atomic mass is 10.1. The van der Waals surface area contributed by atoms with Gasteiger partial charge in [0.1, 0.15) is 11.4 Å². The summed E-state index contributed by atoms with van der Waals surface area (Å²) in [7, 11) is -2.10. The van der Waals surface area contributed by atoms with E-state index in [1.165, 1.54) is 23.5 Å². The Labute approximate surface area is 167 Å². The van der Waals surface area contributed by atoms with Gasteiger partial charge >= 0.3 is 0 Å². The van der Waals surface area contributed by atoms with Crippen LogP contribution in [0, 0.1) is 0 Å². The van der Waals surface area contributed by atoms with Crippen molar-refractivity contribution in [3.8, 4) is 5.75 Å². The molecule has 2 aromatic carbocycles. The van der Waals surface area contributed by atoms with Crippen LogP contribution in [0.5, 0.6) is 5.75 Å². The number of methoxy groups -OCH3 is 1. The van der Waals surface area contributed by atoms with Crippen molar-refractivity contribution in [3.63, 3.8) is 0 Å². The van der Waals surface area contributed by atoms with E-state index in [0.29, 0.717) is 12.1 Å². The van der Waals surface area contributed by atoms with Crippen molar-refractivity contribution in [3.05, 3.63) is 75.7 Å². The molecule has 0 saturated carbocycles. The Morgan fingerprint density at radius 3 is 2.36 bits per heavy atom. The minimum Gasteiger partial charge on any atom is -0.497 e. The quantitative estimate of drug-likeness (QED) is 0.613. The molecule has 1 heterocycles. The number of aromatic nitrogens is 1. The van der Waals surface area contributed by atoms with Gasteiger partial charge in [-0.2, -0.15) is 0 Å². The van der Waals surface area contributed by atoms with Gasteiger partial charge in [0.05, 0.1) is 17.0 Å². The summed E-state index contributed by atoms with van der Waals surface area (Å²) in [4.78, 5) is 16.7. The van der Waals surface area contributed by atoms with E-state index in [2.05, 4.69) is 10.3 Å². The number of rotatable bonds is 7. The van der Waals surface area contributed by atoms with Gasteiger partial charge in [0, 0.05) is 18.3 Å². The van der Waals surface area contributed by atoms with Crippen LogP contribution in [0.2, 0.25) is 0 Å². The van der Waals surface area contributed by atoms with Crippen LogP contribution in [-0.2, 0) is 23.0 Å². The first-order valence-corrected chi connectivity index (χ1v) is 10.7. The van der Waals surface area contributed by atoms with Crippen LogP contribution in [0.4, 0.5) is 0 Å². The molecule has 0 bridgehead atoms. The van der Waals surface area contributed by atoms with E-state index in [1.54, 1.807) is 24.6 Å². The topological polar surface area (TPSA) is 111 Å². The largest absolute Gasteiger partial charge is 0.497 e. The van der Waals surface area contributed by atoms with Gasteiger partial charge in [0.2, 0.25) is 10.0 Å². The Balaban J connectivity index is 1.57. The molecule has 0 spiro atoms. The van der Waals surface area contributed by atoms with Gasteiger partial charge in [-0.15, -0.1) is 11.3 Å². The Morgan fingerprint density at radius 1 is 1.11 bits per heavy atom. The van der Waals surface area contributed by atoms with Crippen LogP contribution in [0.1, 0.15) is 26.6 Å². The normalized spacial score (nSPS) is 11.2. The van der Waals surface area contributed by atoms with Crippen LogP contribution >= 0.6 is 11.3 Å². The molecule has 0 atom stereocenters. The number of nitrogens with one attached hydrogen (secondary N) is 1. The first kappa shape index (κ1) is 20.0. The van der Waals surface area contributed by atoms with E-state index in [0.717, 1.165) is 21.9 Å². The van der Waals surface area contributed by atoms with E-state index < -0.39 is 10.0 Å². The van der Waals surface area contributed by atoms with Crippen LogP contribution < -0.4 is 15.2 Å². The lowest BCUT2D eigenvalue weighted by molar-refractivity contribution is 0.0946. The van der Waals surface area contributed by atoms with Crippen LogP contribution in [0.3, 0.4) is 0 Å². The molecule has 9 heteroatoms. The monoisotopic (exact) mass is 417 g/mol. The third kappa shape index (κ3) is 5.16. The highest BCUT2D eigenvalue weighted by Crippen LogP contribution is 2.18. The van der Waals surface area contributed by atoms with Gasteiger partial charge in [-0.25, -0.2) is 18.5 Å². The average Bonchev–Trinajstić information content (AvgIpc) is 3.15. The fraction of sp³-hybridized carbons (Fsp3) is 0.158. The second-order valence-corrected chi connectivity index (χ2v) is 8.53. The number of carbonyl (C=O) groups excluding carboxylic acids is 1. The third-order valence-corrected chi connectivity index (χ3v) is 5.78. The number of thiazole rings is 1. The molecule has 0 aliphatic carbocycles. The van der Waals surface area contributed by atoms with Crippen LogP contribution in [0.25, 0.3) is 0 Å². The number of nitrogens with zero attached hydrogens (tertiary/aromatic N) is 1. The summed E-state index contributed by atoms with van der Waals surface area (Å²) in [6.45, 7) is 0.259. The number of hydrogen-bond acceptors (Lipinski definition) is 6. The van der Waals surface area contributed by atoms with Crippen LogP contribution in [0.15, 0.2) is 58.8 Å². The van der Waals surface area contributed by atoms with Crippen molar-refractivity contribution in [1.29, 1.82) is 0 Å². The van der Waals surface area contributed by atoms with E-state index in [-0.39, 0.29) is 17.3 Å². The van der Waals surface area contributed by atoms with E-state index in [1.807, 2.05) is 24.3 Å². The summed E-state index contributed by atoms with van der Waals surface area (Å²) in [5, 5.41) is 10.4. The Kier molecular flexibility index (Phi) is 6.08. The number of benzene rings is 2. The Morgan fingerprint density at radius 2 is 1.75 bits per heavy atom. The Hall–Kier alpha value is -2.75. The molecular weight excluding hydrogens is 398 g/mol. The zero-order chi connectivity index (χ0) is 20.1. The molecule has 7 nitrogen and oxygen atoms in total. The summed E-state index contributed by atoms with van der Waals surface area (Å²) >= 11 is 1.43. The molecule has 0 aliphatic heterocycles. The number of hydrogen-bond donors (Lipinski definition) is 2. The molecule has 0 unspecified atom stereocenters. The molecule has 28 heavy (non-hydrogen) atoms. The third-order valence-electron chi connectivity index (χ3n) is 4.00. The number of carbonyl (C=O) groups is 1. The summed E-state index contributed by atoms with van der Waals surface area (Å²) in [6.07, 6.45) is 0.636. The van der Waals surface area contributed by atoms with Crippen molar-refractivity contribution in [2.45, 2.75) is 17.9 Å². The minimum atomic E-state index is -3.72. The molecule has 3 N–H and O–H groups in total. The lowest BCUT2D eigenvalue weighted by Gasteiger charge is -2.05. The standard InChI is InChI=1S/C19H19N3O4S2/c1-26-15-6-2-13(3-7-15)10-18-22-17(12-27-18)19(23)21-11-14-4-8-16(9-5-14)28(20,24)25/h2-9,12H,10-11H2,1H3,(H,21,23)(H2,20,24,25). The smallest absolute Gasteiger partial charge is 0.271 e. The van der Waals surface area contributed by atoms with Crippen LogP contribution in [-0.4, -0.2) is 26.4 Å². The summed E-state index contributed by atoms with van der Waals surface area (Å²) < 4.78 is 27.7. The number of primary sulfonamides is 1. The molecule has 1 aromatic heterocycles. The molecule has 0 aliphatic rings. The maximum Gasteiger partial charge on any atom is 0.271 e. The second-order valence-electron chi connectivity index (χ2n) is 6.02. The fourth-order valence-corrected chi connectivity index (χ4v) is 3.81. The average molecular weight is 418 g/mol. The fourth-order valence-electron chi connectivity index (χ4n) is 2.48. The Bertz CT molecular complexity index is 1060. The molecule has 1 amide bonds. The van der Waals surface area contributed by atoms with Crippen molar-refractivity contribution >= 4 is 27.3 Å². The highest BCUT2D eigenvalue weighted by molar-refractivity contribution is 7.89. The van der Waals surface area contributed by atoms with Gasteiger partial charge in [-0.3, -0.25) is 4.79 Å². The molecular formula is C19H19N3O4S2. The van der Waals surface area contributed by atoms with E-state index in [4.69, 9.17) is 9.88 Å². The second kappa shape index (κ2) is 8.51. The van der Waals surface area contributed by atoms with Crippen molar-refractivity contribution in [1.82, 2.24) is 10.3 Å². The highest BCUT2D eigenvalue weighted by atomic mass is 32.2. The SMILES string of the molecule is COc1ccc(Cc2nc(C(=O)NCc3ccc(S(N)(=O)=O)cc3)cs2)cc1. The first-order valence-electron chi connectivity index (χ1n) is 8.32. The van der Waals surface area contributed by atoms with E-state index in [9.17, 15) is 13.2 Å². The maximum atomic E-state index is 12.3. The number of sulfonamides is 1. The number of ether oxygens (including phenoxy) is 1. The lowest BCUT2D eigenvalue weighted by Crippen LogP contribution is -2.23. The maximum absolute atomic E-state index is 12.3. The molecule has 146 valence electrons. The first-order chi connectivity index (χ1) is 13.3. The number of nitrogens with two attached hydrogens (primary N) is 1. The molecule has 3 rings (SSSR count). The van der Waals surface area contributed by atoms with Crippen molar-refractivity contribution in [2.24, 2.45) is 5.14 Å². The zero-order valence-corrected chi connectivity index (χ0v) is 16.7. The minimum absolute atomic E-state index is 0.0326. The van der Waals surface area contributed by atoms with Gasteiger partial charge in [0.15, 0.2) is 0 Å². The number of amides is 1. The molecule has 3 aromatic rings. The highest BCUT2D eigenvalue weighted by Gasteiger charge is 2.12. The van der Waals surface area contributed by atoms with Crippen molar-refractivity contribution in [2.75, 3.05) is 7.11 Å². The summed E-state index contributed by atoms with van der Waals surface area (Å²) in [5.74, 6) is 0.507.